The molecule has 0 aliphatic carbocycles. The molecular formula is C10H15N5OS. The van der Waals surface area contributed by atoms with Gasteiger partial charge in [0, 0.05) is 5.38 Å². The van der Waals surface area contributed by atoms with Gasteiger partial charge in [0.1, 0.15) is 11.3 Å². The molecule has 0 amide bonds. The highest BCUT2D eigenvalue weighted by molar-refractivity contribution is 7.13. The molecule has 0 spiro atoms. The Bertz CT molecular complexity index is 504. The summed E-state index contributed by atoms with van der Waals surface area (Å²) < 4.78 is 1.65. The van der Waals surface area contributed by atoms with Crippen molar-refractivity contribution in [3.8, 4) is 0 Å². The Labute approximate surface area is 103 Å². The molecule has 92 valence electrons. The summed E-state index contributed by atoms with van der Waals surface area (Å²) in [6.45, 7) is 4.14. The molecule has 0 aromatic carbocycles. The zero-order valence-corrected chi connectivity index (χ0v) is 10.6. The van der Waals surface area contributed by atoms with E-state index >= 15 is 0 Å². The van der Waals surface area contributed by atoms with Gasteiger partial charge in [0.25, 0.3) is 0 Å². The van der Waals surface area contributed by atoms with Crippen molar-refractivity contribution in [2.75, 3.05) is 5.73 Å². The highest BCUT2D eigenvalue weighted by atomic mass is 32.1. The number of hydrogen-bond donors (Lipinski definition) is 2. The predicted molar refractivity (Wildman–Crippen MR) is 65.5 cm³/mol. The zero-order valence-electron chi connectivity index (χ0n) is 9.79. The number of anilines is 1. The van der Waals surface area contributed by atoms with Crippen molar-refractivity contribution in [3.05, 3.63) is 23.0 Å². The maximum atomic E-state index is 10.0. The maximum absolute atomic E-state index is 10.0. The lowest BCUT2D eigenvalue weighted by Crippen LogP contribution is -2.20. The van der Waals surface area contributed by atoms with Gasteiger partial charge in [-0.25, -0.2) is 9.67 Å². The lowest BCUT2D eigenvalue weighted by atomic mass is 10.0. The first-order valence-electron chi connectivity index (χ1n) is 5.34. The average Bonchev–Trinajstić information content (AvgIpc) is 2.89. The van der Waals surface area contributed by atoms with E-state index in [1.165, 1.54) is 11.3 Å². The van der Waals surface area contributed by atoms with E-state index in [0.717, 1.165) is 5.69 Å². The van der Waals surface area contributed by atoms with Gasteiger partial charge < -0.3 is 10.8 Å². The van der Waals surface area contributed by atoms with Gasteiger partial charge in [-0.3, -0.25) is 0 Å². The van der Waals surface area contributed by atoms with Crippen molar-refractivity contribution >= 4 is 16.5 Å². The van der Waals surface area contributed by atoms with Crippen LogP contribution in [0.1, 0.15) is 31.7 Å². The summed E-state index contributed by atoms with van der Waals surface area (Å²) >= 11 is 1.40. The van der Waals surface area contributed by atoms with Gasteiger partial charge in [-0.1, -0.05) is 12.1 Å². The standard InChI is InChI=1S/C10H15N5OS/c1-3-10(2,16)8-5-15(14-13-8)4-7-6-17-9(11)12-7/h5-6,16H,3-4H2,1-2H3,(H2,11,12). The maximum Gasteiger partial charge on any atom is 0.180 e. The molecule has 2 aromatic rings. The molecule has 2 rings (SSSR count). The predicted octanol–water partition coefficient (Wildman–Crippen LogP) is 0.983. The van der Waals surface area contributed by atoms with Crippen LogP contribution in [0.15, 0.2) is 11.6 Å². The summed E-state index contributed by atoms with van der Waals surface area (Å²) in [6, 6.07) is 0. The number of nitrogen functional groups attached to an aromatic ring is 1. The fourth-order valence-corrected chi connectivity index (χ4v) is 1.92. The molecule has 0 aliphatic heterocycles. The van der Waals surface area contributed by atoms with Gasteiger partial charge in [0.05, 0.1) is 18.4 Å². The first-order chi connectivity index (χ1) is 8.01. The van der Waals surface area contributed by atoms with E-state index in [0.29, 0.717) is 23.8 Å². The van der Waals surface area contributed by atoms with Gasteiger partial charge in [-0.2, -0.15) is 0 Å². The SMILES string of the molecule is CCC(C)(O)c1cn(Cc2csc(N)n2)nn1. The zero-order chi connectivity index (χ0) is 12.5. The number of rotatable bonds is 4. The minimum atomic E-state index is -0.931. The van der Waals surface area contributed by atoms with Gasteiger partial charge >= 0.3 is 0 Å². The van der Waals surface area contributed by atoms with Crippen LogP contribution < -0.4 is 5.73 Å². The van der Waals surface area contributed by atoms with E-state index in [1.807, 2.05) is 12.3 Å². The van der Waals surface area contributed by atoms with Crippen LogP contribution in [0.2, 0.25) is 0 Å². The Kier molecular flexibility index (Phi) is 3.12. The molecule has 3 N–H and O–H groups in total. The van der Waals surface area contributed by atoms with Crippen molar-refractivity contribution in [2.45, 2.75) is 32.4 Å². The number of hydrogen-bond acceptors (Lipinski definition) is 6. The third kappa shape index (κ3) is 2.62. The van der Waals surface area contributed by atoms with Crippen molar-refractivity contribution in [3.63, 3.8) is 0 Å². The molecule has 6 nitrogen and oxygen atoms in total. The van der Waals surface area contributed by atoms with Crippen molar-refractivity contribution in [1.82, 2.24) is 20.0 Å². The van der Waals surface area contributed by atoms with Crippen LogP contribution in [0, 0.1) is 0 Å². The van der Waals surface area contributed by atoms with Crippen molar-refractivity contribution in [1.29, 1.82) is 0 Å². The summed E-state index contributed by atoms with van der Waals surface area (Å²) in [7, 11) is 0. The highest BCUT2D eigenvalue weighted by Gasteiger charge is 2.24. The fourth-order valence-electron chi connectivity index (χ4n) is 1.36. The number of nitrogens with zero attached hydrogens (tertiary/aromatic N) is 4. The van der Waals surface area contributed by atoms with E-state index < -0.39 is 5.60 Å². The molecule has 1 unspecified atom stereocenters. The lowest BCUT2D eigenvalue weighted by Gasteiger charge is -2.16. The minimum Gasteiger partial charge on any atom is -0.384 e. The molecule has 0 aliphatic rings. The Balaban J connectivity index is 2.14. The molecule has 0 fully saturated rings. The van der Waals surface area contributed by atoms with Crippen LogP contribution in [-0.4, -0.2) is 25.1 Å². The topological polar surface area (TPSA) is 89.8 Å². The van der Waals surface area contributed by atoms with E-state index in [2.05, 4.69) is 15.3 Å². The molecule has 1 atom stereocenters. The van der Waals surface area contributed by atoms with Crippen LogP contribution in [0.25, 0.3) is 0 Å². The molecule has 0 bridgehead atoms. The van der Waals surface area contributed by atoms with Gasteiger partial charge in [0.15, 0.2) is 5.13 Å². The summed E-state index contributed by atoms with van der Waals surface area (Å²) in [5.41, 5.74) is 6.04. The monoisotopic (exact) mass is 253 g/mol. The molecule has 17 heavy (non-hydrogen) atoms. The average molecular weight is 253 g/mol. The summed E-state index contributed by atoms with van der Waals surface area (Å²) in [5, 5.41) is 20.4. The molecule has 7 heteroatoms. The van der Waals surface area contributed by atoms with E-state index in [-0.39, 0.29) is 0 Å². The molecule has 0 saturated carbocycles. The largest absolute Gasteiger partial charge is 0.384 e. The molecule has 2 aromatic heterocycles. The quantitative estimate of drug-likeness (QED) is 0.847. The van der Waals surface area contributed by atoms with Gasteiger partial charge in [0.2, 0.25) is 0 Å². The molecule has 2 heterocycles. The van der Waals surface area contributed by atoms with Crippen LogP contribution >= 0.6 is 11.3 Å². The first kappa shape index (κ1) is 12.0. The lowest BCUT2D eigenvalue weighted by molar-refractivity contribution is 0.0484. The third-order valence-corrected chi connectivity index (χ3v) is 3.40. The molecule has 0 radical (unpaired) electrons. The Hall–Kier alpha value is -1.47. The molecular weight excluding hydrogens is 238 g/mol. The first-order valence-corrected chi connectivity index (χ1v) is 6.22. The Morgan fingerprint density at radius 2 is 2.35 bits per heavy atom. The highest BCUT2D eigenvalue weighted by Crippen LogP contribution is 2.21. The van der Waals surface area contributed by atoms with Crippen LogP contribution in [0.4, 0.5) is 5.13 Å². The number of nitrogens with two attached hydrogens (primary N) is 1. The van der Waals surface area contributed by atoms with Gasteiger partial charge in [-0.05, 0) is 13.3 Å². The van der Waals surface area contributed by atoms with Crippen LogP contribution in [-0.2, 0) is 12.1 Å². The Morgan fingerprint density at radius 1 is 1.59 bits per heavy atom. The Morgan fingerprint density at radius 3 is 2.94 bits per heavy atom. The second kappa shape index (κ2) is 4.42. The van der Waals surface area contributed by atoms with E-state index in [9.17, 15) is 5.11 Å². The summed E-state index contributed by atoms with van der Waals surface area (Å²) in [4.78, 5) is 4.14. The number of aliphatic hydroxyl groups is 1. The smallest absolute Gasteiger partial charge is 0.180 e. The second-order valence-electron chi connectivity index (χ2n) is 4.11. The van der Waals surface area contributed by atoms with Gasteiger partial charge in [-0.15, -0.1) is 16.4 Å². The third-order valence-electron chi connectivity index (χ3n) is 2.67. The normalized spacial score (nSPS) is 14.8. The number of aromatic nitrogens is 4. The summed E-state index contributed by atoms with van der Waals surface area (Å²) in [6.07, 6.45) is 2.33. The van der Waals surface area contributed by atoms with E-state index in [4.69, 9.17) is 5.73 Å². The van der Waals surface area contributed by atoms with Crippen molar-refractivity contribution in [2.24, 2.45) is 0 Å². The van der Waals surface area contributed by atoms with Crippen molar-refractivity contribution < 1.29 is 5.11 Å². The fraction of sp³-hybridized carbons (Fsp3) is 0.500. The van der Waals surface area contributed by atoms with E-state index in [1.54, 1.807) is 17.8 Å². The van der Waals surface area contributed by atoms with Crippen LogP contribution in [0.3, 0.4) is 0 Å². The molecule has 0 saturated heterocycles. The second-order valence-corrected chi connectivity index (χ2v) is 5.00. The summed E-state index contributed by atoms with van der Waals surface area (Å²) in [5.74, 6) is 0. The minimum absolute atomic E-state index is 0.514. The van der Waals surface area contributed by atoms with Crippen LogP contribution in [0.5, 0.6) is 0 Å². The number of thiazole rings is 1.